The molecule has 0 amide bonds. The maximum Gasteiger partial charge on any atom is 0.339 e. The third-order valence-corrected chi connectivity index (χ3v) is 2.18. The average Bonchev–Trinajstić information content (AvgIpc) is 2.20. The molecule has 0 atom stereocenters. The highest BCUT2D eigenvalue weighted by atomic mass is 16.5. The normalized spacial score (nSPS) is 9.80. The van der Waals surface area contributed by atoms with E-state index in [1.807, 2.05) is 0 Å². The molecule has 0 aromatic heterocycles. The number of aromatic carboxylic acids is 1. The number of ether oxygens (including phenoxy) is 2. The van der Waals surface area contributed by atoms with Gasteiger partial charge in [-0.3, -0.25) is 0 Å². The molecule has 1 aromatic carbocycles. The van der Waals surface area contributed by atoms with Gasteiger partial charge in [0.2, 0.25) is 0 Å². The van der Waals surface area contributed by atoms with Crippen molar-refractivity contribution in [1.82, 2.24) is 0 Å². The minimum absolute atomic E-state index is 0.0364. The topological polar surface area (TPSA) is 81.8 Å². The van der Waals surface area contributed by atoms with Gasteiger partial charge >= 0.3 is 5.97 Å². The van der Waals surface area contributed by atoms with Crippen LogP contribution in [0.4, 0.5) is 5.69 Å². The number of nitrogen functional groups attached to an aromatic ring is 1. The van der Waals surface area contributed by atoms with Crippen molar-refractivity contribution in [1.29, 1.82) is 0 Å². The molecule has 5 nitrogen and oxygen atoms in total. The first-order chi connectivity index (χ1) is 7.02. The molecule has 3 N–H and O–H groups in total. The van der Waals surface area contributed by atoms with Crippen molar-refractivity contribution in [2.45, 2.75) is 6.92 Å². The predicted octanol–water partition coefficient (Wildman–Crippen LogP) is 1.29. The second-order valence-corrected chi connectivity index (χ2v) is 3.01. The number of methoxy groups -OCH3 is 2. The van der Waals surface area contributed by atoms with E-state index in [1.165, 1.54) is 14.2 Å². The maximum absolute atomic E-state index is 11.0. The average molecular weight is 211 g/mol. The van der Waals surface area contributed by atoms with Crippen LogP contribution in [-0.2, 0) is 0 Å². The summed E-state index contributed by atoms with van der Waals surface area (Å²) in [7, 11) is 2.82. The van der Waals surface area contributed by atoms with Crippen molar-refractivity contribution in [3.63, 3.8) is 0 Å². The summed E-state index contributed by atoms with van der Waals surface area (Å²) >= 11 is 0. The van der Waals surface area contributed by atoms with Crippen LogP contribution in [0.5, 0.6) is 11.5 Å². The SMILES string of the molecule is COc1cc(N)c(C)c(C(=O)O)c1OC. The number of nitrogens with two attached hydrogens (primary N) is 1. The van der Waals surface area contributed by atoms with Crippen LogP contribution in [0.1, 0.15) is 15.9 Å². The Morgan fingerprint density at radius 3 is 2.40 bits per heavy atom. The van der Waals surface area contributed by atoms with Crippen molar-refractivity contribution in [2.75, 3.05) is 20.0 Å². The van der Waals surface area contributed by atoms with Crippen LogP contribution in [-0.4, -0.2) is 25.3 Å². The van der Waals surface area contributed by atoms with Gasteiger partial charge in [0.15, 0.2) is 11.5 Å². The predicted molar refractivity (Wildman–Crippen MR) is 55.7 cm³/mol. The van der Waals surface area contributed by atoms with Crippen molar-refractivity contribution >= 4 is 11.7 Å². The van der Waals surface area contributed by atoms with Gasteiger partial charge in [-0.05, 0) is 12.5 Å². The zero-order chi connectivity index (χ0) is 11.6. The summed E-state index contributed by atoms with van der Waals surface area (Å²) in [4.78, 5) is 11.0. The quantitative estimate of drug-likeness (QED) is 0.736. The number of hydrogen-bond acceptors (Lipinski definition) is 4. The van der Waals surface area contributed by atoms with Crippen LogP contribution in [0, 0.1) is 6.92 Å². The Bertz CT molecular complexity index is 401. The van der Waals surface area contributed by atoms with E-state index in [2.05, 4.69) is 0 Å². The van der Waals surface area contributed by atoms with Gasteiger partial charge in [0.1, 0.15) is 5.56 Å². The third kappa shape index (κ3) is 1.81. The summed E-state index contributed by atoms with van der Waals surface area (Å²) in [5.74, 6) is -0.579. The molecule has 0 aliphatic heterocycles. The highest BCUT2D eigenvalue weighted by Crippen LogP contribution is 2.36. The molecule has 0 spiro atoms. The monoisotopic (exact) mass is 211 g/mol. The molecular formula is C10H13NO4. The van der Waals surface area contributed by atoms with Gasteiger partial charge in [-0.1, -0.05) is 0 Å². The summed E-state index contributed by atoms with van der Waals surface area (Å²) in [6.45, 7) is 1.63. The van der Waals surface area contributed by atoms with Gasteiger partial charge in [0, 0.05) is 11.8 Å². The standard InChI is InChI=1S/C10H13NO4/c1-5-6(11)4-7(14-2)9(15-3)8(5)10(12)13/h4H,11H2,1-3H3,(H,12,13). The van der Waals surface area contributed by atoms with Gasteiger partial charge in [-0.25, -0.2) is 4.79 Å². The summed E-state index contributed by atoms with van der Waals surface area (Å²) in [6.07, 6.45) is 0. The molecule has 0 unspecified atom stereocenters. The Balaban J connectivity index is 3.56. The van der Waals surface area contributed by atoms with Crippen LogP contribution >= 0.6 is 0 Å². The first kappa shape index (κ1) is 11.2. The Kier molecular flexibility index (Phi) is 3.04. The van der Waals surface area contributed by atoms with E-state index in [9.17, 15) is 4.79 Å². The van der Waals surface area contributed by atoms with E-state index in [0.717, 1.165) is 0 Å². The lowest BCUT2D eigenvalue weighted by molar-refractivity contribution is 0.0692. The minimum Gasteiger partial charge on any atom is -0.493 e. The van der Waals surface area contributed by atoms with Crippen LogP contribution in [0.15, 0.2) is 6.07 Å². The van der Waals surface area contributed by atoms with Gasteiger partial charge in [-0.15, -0.1) is 0 Å². The second kappa shape index (κ2) is 4.08. The third-order valence-electron chi connectivity index (χ3n) is 2.18. The molecule has 0 saturated carbocycles. The van der Waals surface area contributed by atoms with Gasteiger partial charge < -0.3 is 20.3 Å². The molecule has 1 rings (SSSR count). The number of anilines is 1. The van der Waals surface area contributed by atoms with Gasteiger partial charge in [0.05, 0.1) is 14.2 Å². The molecule has 15 heavy (non-hydrogen) atoms. The highest BCUT2D eigenvalue weighted by molar-refractivity contribution is 5.95. The zero-order valence-corrected chi connectivity index (χ0v) is 8.83. The van der Waals surface area contributed by atoms with E-state index in [4.69, 9.17) is 20.3 Å². The van der Waals surface area contributed by atoms with Gasteiger partial charge in [-0.2, -0.15) is 0 Å². The number of benzene rings is 1. The fourth-order valence-corrected chi connectivity index (χ4v) is 1.36. The van der Waals surface area contributed by atoms with Crippen molar-refractivity contribution in [3.8, 4) is 11.5 Å². The lowest BCUT2D eigenvalue weighted by Crippen LogP contribution is -2.07. The molecule has 0 saturated heterocycles. The summed E-state index contributed by atoms with van der Waals surface area (Å²) in [5.41, 5.74) is 6.53. The van der Waals surface area contributed by atoms with E-state index < -0.39 is 5.97 Å². The zero-order valence-electron chi connectivity index (χ0n) is 8.83. The van der Waals surface area contributed by atoms with Crippen molar-refractivity contribution < 1.29 is 19.4 Å². The second-order valence-electron chi connectivity index (χ2n) is 3.01. The smallest absolute Gasteiger partial charge is 0.339 e. The molecular weight excluding hydrogens is 198 g/mol. The first-order valence-corrected chi connectivity index (χ1v) is 4.27. The van der Waals surface area contributed by atoms with E-state index in [0.29, 0.717) is 17.0 Å². The number of carboxylic acid groups (broad SMARTS) is 1. The maximum atomic E-state index is 11.0. The lowest BCUT2D eigenvalue weighted by Gasteiger charge is -2.14. The molecule has 5 heteroatoms. The molecule has 0 aliphatic carbocycles. The molecule has 0 fully saturated rings. The lowest BCUT2D eigenvalue weighted by atomic mass is 10.0. The fourth-order valence-electron chi connectivity index (χ4n) is 1.36. The molecule has 0 aliphatic rings. The van der Waals surface area contributed by atoms with E-state index in [1.54, 1.807) is 13.0 Å². The Morgan fingerprint density at radius 2 is 2.00 bits per heavy atom. The number of hydrogen-bond donors (Lipinski definition) is 2. The Morgan fingerprint density at radius 1 is 1.40 bits per heavy atom. The van der Waals surface area contributed by atoms with Crippen molar-refractivity contribution in [3.05, 3.63) is 17.2 Å². The summed E-state index contributed by atoms with van der Waals surface area (Å²) in [5, 5.41) is 9.03. The van der Waals surface area contributed by atoms with Gasteiger partial charge in [0.25, 0.3) is 0 Å². The molecule has 0 bridgehead atoms. The van der Waals surface area contributed by atoms with E-state index in [-0.39, 0.29) is 11.3 Å². The van der Waals surface area contributed by atoms with Crippen LogP contribution < -0.4 is 15.2 Å². The number of carbonyl (C=O) groups is 1. The first-order valence-electron chi connectivity index (χ1n) is 4.27. The van der Waals surface area contributed by atoms with E-state index >= 15 is 0 Å². The minimum atomic E-state index is -1.09. The number of carboxylic acids is 1. The number of rotatable bonds is 3. The molecule has 1 aromatic rings. The Hall–Kier alpha value is -1.91. The Labute approximate surface area is 87.4 Å². The largest absolute Gasteiger partial charge is 0.493 e. The van der Waals surface area contributed by atoms with Crippen LogP contribution in [0.3, 0.4) is 0 Å². The van der Waals surface area contributed by atoms with Crippen molar-refractivity contribution in [2.24, 2.45) is 0 Å². The molecule has 82 valence electrons. The summed E-state index contributed by atoms with van der Waals surface area (Å²) in [6, 6.07) is 1.54. The summed E-state index contributed by atoms with van der Waals surface area (Å²) < 4.78 is 10.00. The van der Waals surface area contributed by atoms with Crippen LogP contribution in [0.2, 0.25) is 0 Å². The molecule has 0 radical (unpaired) electrons. The fraction of sp³-hybridized carbons (Fsp3) is 0.300. The molecule has 0 heterocycles. The highest BCUT2D eigenvalue weighted by Gasteiger charge is 2.20. The van der Waals surface area contributed by atoms with Crippen LogP contribution in [0.25, 0.3) is 0 Å².